The molecule has 2 aliphatic heterocycles. The summed E-state index contributed by atoms with van der Waals surface area (Å²) in [5.41, 5.74) is -0.223. The number of esters is 2. The van der Waals surface area contributed by atoms with Gasteiger partial charge in [0, 0.05) is 39.2 Å². The maximum atomic E-state index is 12.9. The Morgan fingerprint density at radius 2 is 1.52 bits per heavy atom. The number of fused-ring (bicyclic) bond motifs is 7. The first-order valence-corrected chi connectivity index (χ1v) is 16.1. The molecule has 13 unspecified atom stereocenters. The SMILES string of the molecule is CC(=O)OC1CCC2(C)C(C1)CC(OC(C)=O)C1C2CCC2(C)C1CC1OC3(CCC(C)CN3C(C)=O)C(C)C12. The van der Waals surface area contributed by atoms with Gasteiger partial charge in [-0.2, -0.15) is 0 Å². The number of nitrogens with zero attached hydrogens (tertiary/aromatic N) is 1. The van der Waals surface area contributed by atoms with Crippen LogP contribution in [0.1, 0.15) is 106 Å². The van der Waals surface area contributed by atoms with Crippen molar-refractivity contribution in [2.75, 3.05) is 6.54 Å². The van der Waals surface area contributed by atoms with Crippen LogP contribution in [0.5, 0.6) is 0 Å². The van der Waals surface area contributed by atoms with E-state index in [9.17, 15) is 14.4 Å². The first kappa shape index (κ1) is 28.5. The second-order valence-corrected chi connectivity index (χ2v) is 15.3. The molecule has 6 fully saturated rings. The highest BCUT2D eigenvalue weighted by Gasteiger charge is 2.71. The zero-order valence-corrected chi connectivity index (χ0v) is 25.7. The molecule has 6 rings (SSSR count). The summed E-state index contributed by atoms with van der Waals surface area (Å²) < 4.78 is 19.0. The molecular formula is C33H51NO6. The van der Waals surface area contributed by atoms with Gasteiger partial charge in [-0.05, 0) is 98.2 Å². The fraction of sp³-hybridized carbons (Fsp3) is 0.909. The number of hydrogen-bond donors (Lipinski definition) is 0. The molecule has 7 heteroatoms. The molecule has 4 aliphatic carbocycles. The van der Waals surface area contributed by atoms with Gasteiger partial charge in [-0.1, -0.05) is 27.7 Å². The van der Waals surface area contributed by atoms with Gasteiger partial charge in [-0.25, -0.2) is 0 Å². The number of piperidine rings is 1. The number of ether oxygens (including phenoxy) is 3. The lowest BCUT2D eigenvalue weighted by atomic mass is 9.43. The van der Waals surface area contributed by atoms with Crippen LogP contribution in [0.4, 0.5) is 0 Å². The third kappa shape index (κ3) is 4.10. The van der Waals surface area contributed by atoms with Crippen LogP contribution >= 0.6 is 0 Å². The van der Waals surface area contributed by atoms with Crippen molar-refractivity contribution in [3.63, 3.8) is 0 Å². The summed E-state index contributed by atoms with van der Waals surface area (Å²) in [7, 11) is 0. The Morgan fingerprint density at radius 3 is 2.20 bits per heavy atom. The van der Waals surface area contributed by atoms with Gasteiger partial charge in [-0.3, -0.25) is 14.4 Å². The maximum absolute atomic E-state index is 12.9. The van der Waals surface area contributed by atoms with Crippen molar-refractivity contribution in [1.29, 1.82) is 0 Å². The summed E-state index contributed by atoms with van der Waals surface area (Å²) >= 11 is 0. The lowest BCUT2D eigenvalue weighted by Gasteiger charge is -2.63. The van der Waals surface area contributed by atoms with Gasteiger partial charge in [0.25, 0.3) is 0 Å². The Morgan fingerprint density at radius 1 is 0.825 bits per heavy atom. The van der Waals surface area contributed by atoms with Crippen LogP contribution < -0.4 is 0 Å². The van der Waals surface area contributed by atoms with Gasteiger partial charge in [0.1, 0.15) is 17.9 Å². The quantitative estimate of drug-likeness (QED) is 0.403. The van der Waals surface area contributed by atoms with Crippen molar-refractivity contribution in [3.8, 4) is 0 Å². The average Bonchev–Trinajstić information content (AvgIpc) is 3.31. The number of carbonyl (C=O) groups excluding carboxylic acids is 3. The lowest BCUT2D eigenvalue weighted by Crippen LogP contribution is -2.62. The van der Waals surface area contributed by atoms with Crippen LogP contribution in [0.15, 0.2) is 0 Å². The van der Waals surface area contributed by atoms with Gasteiger partial charge in [-0.15, -0.1) is 0 Å². The minimum absolute atomic E-state index is 0.0299. The minimum Gasteiger partial charge on any atom is -0.463 e. The van der Waals surface area contributed by atoms with Crippen LogP contribution in [-0.4, -0.2) is 53.3 Å². The van der Waals surface area contributed by atoms with Crippen LogP contribution in [0.3, 0.4) is 0 Å². The number of likely N-dealkylation sites (tertiary alicyclic amines) is 1. The van der Waals surface area contributed by atoms with Crippen molar-refractivity contribution >= 4 is 17.8 Å². The van der Waals surface area contributed by atoms with E-state index in [1.165, 1.54) is 6.92 Å². The van der Waals surface area contributed by atoms with Gasteiger partial charge < -0.3 is 19.1 Å². The molecule has 7 nitrogen and oxygen atoms in total. The number of hydrogen-bond acceptors (Lipinski definition) is 6. The Bertz CT molecular complexity index is 1060. The molecule has 4 saturated carbocycles. The molecule has 1 amide bonds. The number of amides is 1. The second kappa shape index (κ2) is 9.70. The Kier molecular flexibility index (Phi) is 6.91. The van der Waals surface area contributed by atoms with Crippen LogP contribution in [-0.2, 0) is 28.6 Å². The van der Waals surface area contributed by atoms with Crippen LogP contribution in [0.25, 0.3) is 0 Å². The molecule has 224 valence electrons. The van der Waals surface area contributed by atoms with E-state index in [4.69, 9.17) is 14.2 Å². The van der Waals surface area contributed by atoms with E-state index in [2.05, 4.69) is 32.6 Å². The summed E-state index contributed by atoms with van der Waals surface area (Å²) in [6.07, 6.45) is 9.01. The molecule has 0 aromatic rings. The predicted octanol–water partition coefficient (Wildman–Crippen LogP) is 5.74. The van der Waals surface area contributed by atoms with E-state index >= 15 is 0 Å². The van der Waals surface area contributed by atoms with Gasteiger partial charge >= 0.3 is 11.9 Å². The van der Waals surface area contributed by atoms with E-state index in [1.807, 2.05) is 0 Å². The van der Waals surface area contributed by atoms with Crippen molar-refractivity contribution in [3.05, 3.63) is 0 Å². The van der Waals surface area contributed by atoms with Crippen molar-refractivity contribution in [2.45, 2.75) is 130 Å². The van der Waals surface area contributed by atoms with Gasteiger partial charge in [0.2, 0.25) is 5.91 Å². The molecule has 6 aliphatic rings. The zero-order chi connectivity index (χ0) is 28.8. The molecule has 0 radical (unpaired) electrons. The highest BCUT2D eigenvalue weighted by molar-refractivity contribution is 5.74. The molecule has 13 atom stereocenters. The largest absolute Gasteiger partial charge is 0.463 e. The smallest absolute Gasteiger partial charge is 0.302 e. The molecule has 0 N–H and O–H groups in total. The third-order valence-corrected chi connectivity index (χ3v) is 13.3. The maximum Gasteiger partial charge on any atom is 0.302 e. The molecule has 0 aromatic heterocycles. The molecule has 2 saturated heterocycles. The minimum atomic E-state index is -0.480. The number of carbonyl (C=O) groups is 3. The average molecular weight is 558 g/mol. The normalized spacial score (nSPS) is 51.3. The predicted molar refractivity (Wildman–Crippen MR) is 150 cm³/mol. The molecule has 40 heavy (non-hydrogen) atoms. The fourth-order valence-electron chi connectivity index (χ4n) is 11.7. The first-order valence-electron chi connectivity index (χ1n) is 16.1. The van der Waals surface area contributed by atoms with E-state index in [0.717, 1.165) is 64.3 Å². The Balaban J connectivity index is 1.31. The van der Waals surface area contributed by atoms with Gasteiger partial charge in [0.05, 0.1) is 6.10 Å². The molecule has 1 spiro atoms. The third-order valence-electron chi connectivity index (χ3n) is 13.3. The van der Waals surface area contributed by atoms with Crippen molar-refractivity contribution < 1.29 is 28.6 Å². The molecular weight excluding hydrogens is 506 g/mol. The van der Waals surface area contributed by atoms with Gasteiger partial charge in [0.15, 0.2) is 0 Å². The molecule has 0 aromatic carbocycles. The highest BCUT2D eigenvalue weighted by atomic mass is 16.6. The summed E-state index contributed by atoms with van der Waals surface area (Å²) in [5.74, 6) is 2.54. The van der Waals surface area contributed by atoms with E-state index in [-0.39, 0.29) is 52.9 Å². The standard InChI is InChI=1S/C33H51NO6/c1-18-8-13-33(34(17-18)20(3)35)19(2)30-28(40-33)16-26-29-25(10-12-32(26,30)7)31(6)11-9-24(38-21(4)36)14-23(31)15-27(29)39-22(5)37/h18-19,23-30H,8-17H2,1-7H3. The summed E-state index contributed by atoms with van der Waals surface area (Å²) in [6, 6.07) is 0. The first-order chi connectivity index (χ1) is 18.8. The Hall–Kier alpha value is -1.63. The van der Waals surface area contributed by atoms with Crippen molar-refractivity contribution in [2.24, 2.45) is 52.3 Å². The fourth-order valence-corrected chi connectivity index (χ4v) is 11.7. The molecule has 0 bridgehead atoms. The van der Waals surface area contributed by atoms with E-state index in [1.54, 1.807) is 13.8 Å². The van der Waals surface area contributed by atoms with Crippen LogP contribution in [0, 0.1) is 52.3 Å². The summed E-state index contributed by atoms with van der Waals surface area (Å²) in [5, 5.41) is 0. The topological polar surface area (TPSA) is 82.1 Å². The van der Waals surface area contributed by atoms with Crippen LogP contribution in [0.2, 0.25) is 0 Å². The van der Waals surface area contributed by atoms with E-state index < -0.39 is 5.72 Å². The molecule has 2 heterocycles. The van der Waals surface area contributed by atoms with Crippen molar-refractivity contribution in [1.82, 2.24) is 4.90 Å². The monoisotopic (exact) mass is 557 g/mol. The highest BCUT2D eigenvalue weighted by Crippen LogP contribution is 2.71. The summed E-state index contributed by atoms with van der Waals surface area (Å²) in [4.78, 5) is 39.1. The summed E-state index contributed by atoms with van der Waals surface area (Å²) in [6.45, 7) is 15.1. The zero-order valence-electron chi connectivity index (χ0n) is 25.7. The Labute approximate surface area is 240 Å². The lowest BCUT2D eigenvalue weighted by molar-refractivity contribution is -0.210. The second-order valence-electron chi connectivity index (χ2n) is 15.3. The number of rotatable bonds is 2. The van der Waals surface area contributed by atoms with E-state index in [0.29, 0.717) is 35.5 Å².